The molecule has 8 atom stereocenters. The number of esters is 2. The van der Waals surface area contributed by atoms with Crippen molar-refractivity contribution in [2.45, 2.75) is 89.2 Å². The summed E-state index contributed by atoms with van der Waals surface area (Å²) in [5.74, 6) is -1.27. The molecular formula is C26H40O6Si2. The standard InChI is InChI=1S/C26H40O6Si2/c1-16-14-24-15-25(16,32-34(7,8)9)12-10-17(24)26-13-11-18(31-33(4,5)6)23(2,22(28)30-26)20(26)19(24)21(27)29-3/h11,13,17-20H,1,10,12,14-15H2,2-9H3/t17-,18+,19-,20-,23?,24+,25+,26-/m1/s1. The molecule has 0 radical (unpaired) electrons. The second-order valence-electron chi connectivity index (χ2n) is 13.5. The van der Waals surface area contributed by atoms with Crippen LogP contribution < -0.4 is 0 Å². The minimum absolute atomic E-state index is 0.0292. The third kappa shape index (κ3) is 2.97. The summed E-state index contributed by atoms with van der Waals surface area (Å²) in [5, 5.41) is 0. The first-order valence-corrected chi connectivity index (χ1v) is 19.4. The Morgan fingerprint density at radius 1 is 1.18 bits per heavy atom. The van der Waals surface area contributed by atoms with Crippen molar-refractivity contribution in [3.8, 4) is 0 Å². The number of ether oxygens (including phenoxy) is 2. The Morgan fingerprint density at radius 3 is 2.44 bits per heavy atom. The summed E-state index contributed by atoms with van der Waals surface area (Å²) in [7, 11) is -2.39. The number of carbonyl (C=O) groups is 2. The smallest absolute Gasteiger partial charge is 0.316 e. The van der Waals surface area contributed by atoms with Crippen molar-refractivity contribution in [1.82, 2.24) is 0 Å². The van der Waals surface area contributed by atoms with Gasteiger partial charge in [0.1, 0.15) is 11.0 Å². The van der Waals surface area contributed by atoms with Gasteiger partial charge in [-0.15, -0.1) is 0 Å². The fraction of sp³-hybridized carbons (Fsp3) is 0.769. The average molecular weight is 505 g/mol. The van der Waals surface area contributed by atoms with Crippen LogP contribution in [0.5, 0.6) is 0 Å². The number of fused-ring (bicyclic) bond motifs is 1. The van der Waals surface area contributed by atoms with Crippen LogP contribution in [0.1, 0.15) is 32.6 Å². The van der Waals surface area contributed by atoms with Crippen molar-refractivity contribution in [2.75, 3.05) is 7.11 Å². The molecule has 4 bridgehead atoms. The Kier molecular flexibility index (Phi) is 5.01. The molecule has 1 heterocycles. The zero-order valence-corrected chi connectivity index (χ0v) is 23.9. The monoisotopic (exact) mass is 504 g/mol. The van der Waals surface area contributed by atoms with Gasteiger partial charge >= 0.3 is 11.9 Å². The van der Waals surface area contributed by atoms with E-state index < -0.39 is 50.7 Å². The second kappa shape index (κ2) is 6.96. The summed E-state index contributed by atoms with van der Waals surface area (Å²) in [6, 6.07) is 0. The van der Waals surface area contributed by atoms with Crippen LogP contribution in [0.25, 0.3) is 0 Å². The molecule has 0 N–H and O–H groups in total. The lowest BCUT2D eigenvalue weighted by Crippen LogP contribution is -2.53. The van der Waals surface area contributed by atoms with Crippen molar-refractivity contribution in [2.24, 2.45) is 28.6 Å². The van der Waals surface area contributed by atoms with Crippen molar-refractivity contribution in [3.63, 3.8) is 0 Å². The summed E-state index contributed by atoms with van der Waals surface area (Å²) >= 11 is 0. The molecule has 3 saturated carbocycles. The van der Waals surface area contributed by atoms with Gasteiger partial charge in [-0.05, 0) is 89.0 Å². The molecule has 1 saturated heterocycles. The van der Waals surface area contributed by atoms with Gasteiger partial charge in [-0.25, -0.2) is 0 Å². The van der Waals surface area contributed by atoms with Crippen LogP contribution >= 0.6 is 0 Å². The third-order valence-corrected chi connectivity index (χ3v) is 11.2. The first-order valence-electron chi connectivity index (χ1n) is 12.6. The van der Waals surface area contributed by atoms with Gasteiger partial charge in [0.25, 0.3) is 0 Å². The molecule has 0 aromatic carbocycles. The van der Waals surface area contributed by atoms with Gasteiger partial charge in [-0.2, -0.15) is 0 Å². The molecule has 0 aromatic rings. The lowest BCUT2D eigenvalue weighted by molar-refractivity contribution is -0.163. The van der Waals surface area contributed by atoms with Crippen LogP contribution in [0, 0.1) is 28.6 Å². The van der Waals surface area contributed by atoms with E-state index in [1.54, 1.807) is 0 Å². The summed E-state index contributed by atoms with van der Waals surface area (Å²) in [6.45, 7) is 19.5. The van der Waals surface area contributed by atoms with Crippen LogP contribution in [0.15, 0.2) is 24.3 Å². The largest absolute Gasteiger partial charge is 0.469 e. The van der Waals surface area contributed by atoms with Gasteiger partial charge in [0.15, 0.2) is 16.6 Å². The third-order valence-electron chi connectivity index (χ3n) is 9.23. The van der Waals surface area contributed by atoms with Crippen molar-refractivity contribution >= 4 is 28.6 Å². The van der Waals surface area contributed by atoms with Gasteiger partial charge in [0, 0.05) is 11.8 Å². The molecule has 1 unspecified atom stereocenters. The van der Waals surface area contributed by atoms with Crippen molar-refractivity contribution < 1.29 is 27.9 Å². The van der Waals surface area contributed by atoms with E-state index in [0.717, 1.165) is 24.8 Å². The SMILES string of the molecule is C=C1C[C@]23C[C@@]1(O[Si](C)(C)C)CC[C@H]2[C@@]12C=C[C@H](O[Si](C)(C)C)C(C)(C(=O)O1)[C@H]2[C@@H]3C(=O)OC. The van der Waals surface area contributed by atoms with E-state index in [2.05, 4.69) is 58.0 Å². The van der Waals surface area contributed by atoms with E-state index >= 15 is 0 Å². The fourth-order valence-corrected chi connectivity index (χ4v) is 11.1. The van der Waals surface area contributed by atoms with Gasteiger partial charge in [-0.1, -0.05) is 12.7 Å². The van der Waals surface area contributed by atoms with E-state index in [4.69, 9.17) is 18.3 Å². The molecule has 5 aliphatic rings. The van der Waals surface area contributed by atoms with Gasteiger partial charge < -0.3 is 18.3 Å². The van der Waals surface area contributed by atoms with Crippen molar-refractivity contribution in [1.29, 1.82) is 0 Å². The molecule has 8 heteroatoms. The van der Waals surface area contributed by atoms with Gasteiger partial charge in [-0.3, -0.25) is 9.59 Å². The van der Waals surface area contributed by atoms with Crippen LogP contribution in [-0.4, -0.2) is 53.0 Å². The van der Waals surface area contributed by atoms with Gasteiger partial charge in [0.05, 0.1) is 24.7 Å². The minimum Gasteiger partial charge on any atom is -0.469 e. The predicted molar refractivity (Wildman–Crippen MR) is 134 cm³/mol. The highest BCUT2D eigenvalue weighted by Gasteiger charge is 2.84. The number of methoxy groups -OCH3 is 1. The number of hydrogen-bond donors (Lipinski definition) is 0. The zero-order valence-electron chi connectivity index (χ0n) is 21.9. The average Bonchev–Trinajstić information content (AvgIpc) is 3.12. The Balaban J connectivity index is 1.67. The topological polar surface area (TPSA) is 71.1 Å². The Hall–Kier alpha value is -1.23. The number of rotatable bonds is 5. The summed E-state index contributed by atoms with van der Waals surface area (Å²) in [6.07, 6.45) is 6.86. The molecule has 5 rings (SSSR count). The molecule has 6 nitrogen and oxygen atoms in total. The molecule has 4 fully saturated rings. The first kappa shape index (κ1) is 24.5. The Morgan fingerprint density at radius 2 is 1.85 bits per heavy atom. The molecule has 188 valence electrons. The Labute approximate surface area is 205 Å². The highest BCUT2D eigenvalue weighted by Crippen LogP contribution is 2.78. The van der Waals surface area contributed by atoms with Crippen LogP contribution in [0.3, 0.4) is 0 Å². The summed E-state index contributed by atoms with van der Waals surface area (Å²) < 4.78 is 25.2. The van der Waals surface area contributed by atoms with E-state index in [-0.39, 0.29) is 23.8 Å². The minimum atomic E-state index is -1.98. The van der Waals surface area contributed by atoms with E-state index in [1.165, 1.54) is 7.11 Å². The lowest BCUT2D eigenvalue weighted by Gasteiger charge is -2.47. The Bertz CT molecular complexity index is 994. The maximum atomic E-state index is 13.7. The summed E-state index contributed by atoms with van der Waals surface area (Å²) in [5.41, 5.74) is -1.45. The van der Waals surface area contributed by atoms with E-state index in [1.807, 2.05) is 6.92 Å². The normalized spacial score (nSPS) is 46.8. The maximum Gasteiger partial charge on any atom is 0.316 e. The molecule has 0 aromatic heterocycles. The van der Waals surface area contributed by atoms with E-state index in [9.17, 15) is 9.59 Å². The van der Waals surface area contributed by atoms with E-state index in [0.29, 0.717) is 6.42 Å². The maximum absolute atomic E-state index is 13.7. The second-order valence-corrected chi connectivity index (χ2v) is 22.4. The number of carbonyl (C=O) groups excluding carboxylic acids is 2. The van der Waals surface area contributed by atoms with Crippen molar-refractivity contribution in [3.05, 3.63) is 24.3 Å². The number of hydrogen-bond acceptors (Lipinski definition) is 6. The first-order chi connectivity index (χ1) is 15.5. The highest BCUT2D eigenvalue weighted by molar-refractivity contribution is 6.70. The van der Waals surface area contributed by atoms with Crippen LogP contribution in [-0.2, 0) is 27.9 Å². The van der Waals surface area contributed by atoms with Gasteiger partial charge in [0.2, 0.25) is 0 Å². The molecule has 1 aliphatic heterocycles. The molecule has 1 spiro atoms. The molecule has 0 amide bonds. The van der Waals surface area contributed by atoms with Crippen LogP contribution in [0.4, 0.5) is 0 Å². The summed E-state index contributed by atoms with van der Waals surface area (Å²) in [4.78, 5) is 27.3. The predicted octanol–water partition coefficient (Wildman–Crippen LogP) is 4.83. The molecule has 34 heavy (non-hydrogen) atoms. The molecule has 4 aliphatic carbocycles. The molecular weight excluding hydrogens is 464 g/mol. The van der Waals surface area contributed by atoms with Crippen LogP contribution in [0.2, 0.25) is 39.3 Å². The highest BCUT2D eigenvalue weighted by atomic mass is 28.4. The lowest BCUT2D eigenvalue weighted by atomic mass is 9.61. The fourth-order valence-electron chi connectivity index (χ4n) is 8.49. The quantitative estimate of drug-likeness (QED) is 0.303. The zero-order chi connectivity index (χ0) is 25.1.